The number of fused-ring (bicyclic) bond motifs is 11. The van der Waals surface area contributed by atoms with Crippen molar-refractivity contribution >= 4 is 93.7 Å². The zero-order valence-corrected chi connectivity index (χ0v) is 23.5. The molecule has 4 nitrogen and oxygen atoms in total. The average Bonchev–Trinajstić information content (AvgIpc) is 3.75. The first kappa shape index (κ1) is 23.6. The Kier molecular flexibility index (Phi) is 4.69. The molecule has 0 aliphatic heterocycles. The van der Waals surface area contributed by atoms with Gasteiger partial charge in [0.15, 0.2) is 0 Å². The molecule has 44 heavy (non-hydrogen) atoms. The Morgan fingerprint density at radius 2 is 0.750 bits per heavy atom. The van der Waals surface area contributed by atoms with Crippen molar-refractivity contribution in [1.82, 2.24) is 0 Å². The predicted octanol–water partition coefficient (Wildman–Crippen LogP) is 12.0. The molecular formula is C40H23NO3. The standard InChI is InChI=1S/C40H23NO3/c1-4-13-35-27(8-1)30-18-16-24(22-38(30)42-35)41(25-17-19-31-28-9-2-5-14-36(28)43-39(31)23-25)34-12-7-11-32-26(34)20-21-33-29-10-3-6-15-37(29)44-40(32)33/h1-23H. The highest BCUT2D eigenvalue weighted by Gasteiger charge is 2.20. The van der Waals surface area contributed by atoms with Crippen LogP contribution in [-0.4, -0.2) is 0 Å². The quantitative estimate of drug-likeness (QED) is 0.214. The first-order chi connectivity index (χ1) is 21.8. The fourth-order valence-electron chi connectivity index (χ4n) is 6.85. The van der Waals surface area contributed by atoms with Crippen molar-refractivity contribution in [3.05, 3.63) is 140 Å². The van der Waals surface area contributed by atoms with Gasteiger partial charge in [-0.15, -0.1) is 0 Å². The van der Waals surface area contributed by atoms with Crippen molar-refractivity contribution < 1.29 is 13.3 Å². The minimum absolute atomic E-state index is 0.846. The second kappa shape index (κ2) is 8.76. The van der Waals surface area contributed by atoms with E-state index in [-0.39, 0.29) is 0 Å². The molecule has 0 amide bonds. The lowest BCUT2D eigenvalue weighted by Crippen LogP contribution is -2.10. The van der Waals surface area contributed by atoms with Crippen LogP contribution in [0.5, 0.6) is 0 Å². The summed E-state index contributed by atoms with van der Waals surface area (Å²) in [6.07, 6.45) is 0. The molecule has 0 saturated carbocycles. The number of para-hydroxylation sites is 3. The minimum Gasteiger partial charge on any atom is -0.456 e. The van der Waals surface area contributed by atoms with Crippen LogP contribution in [-0.2, 0) is 0 Å². The van der Waals surface area contributed by atoms with E-state index in [0.29, 0.717) is 0 Å². The molecular weight excluding hydrogens is 542 g/mol. The van der Waals surface area contributed by atoms with Gasteiger partial charge in [0, 0.05) is 66.6 Å². The highest BCUT2D eigenvalue weighted by molar-refractivity contribution is 6.18. The zero-order chi connectivity index (χ0) is 28.8. The maximum atomic E-state index is 6.45. The van der Waals surface area contributed by atoms with Gasteiger partial charge in [-0.1, -0.05) is 72.8 Å². The molecule has 10 rings (SSSR count). The van der Waals surface area contributed by atoms with E-state index in [0.717, 1.165) is 93.7 Å². The average molecular weight is 566 g/mol. The Bertz CT molecular complexity index is 2630. The Morgan fingerprint density at radius 1 is 0.318 bits per heavy atom. The number of benzene rings is 7. The molecule has 4 heteroatoms. The highest BCUT2D eigenvalue weighted by Crippen LogP contribution is 2.44. The lowest BCUT2D eigenvalue weighted by Gasteiger charge is -2.26. The molecule has 3 aromatic heterocycles. The summed E-state index contributed by atoms with van der Waals surface area (Å²) in [5, 5.41) is 8.81. The summed E-state index contributed by atoms with van der Waals surface area (Å²) in [5.74, 6) is 0. The minimum atomic E-state index is 0.846. The van der Waals surface area contributed by atoms with Gasteiger partial charge in [-0.25, -0.2) is 0 Å². The van der Waals surface area contributed by atoms with Gasteiger partial charge >= 0.3 is 0 Å². The molecule has 0 spiro atoms. The summed E-state index contributed by atoms with van der Waals surface area (Å²) in [6.45, 7) is 0. The topological polar surface area (TPSA) is 42.7 Å². The first-order valence-corrected chi connectivity index (χ1v) is 14.8. The van der Waals surface area contributed by atoms with Crippen molar-refractivity contribution in [3.8, 4) is 0 Å². The van der Waals surface area contributed by atoms with Gasteiger partial charge in [0.2, 0.25) is 0 Å². The summed E-state index contributed by atoms with van der Waals surface area (Å²) in [5.41, 5.74) is 8.26. The van der Waals surface area contributed by atoms with Crippen molar-refractivity contribution in [2.24, 2.45) is 0 Å². The lowest BCUT2D eigenvalue weighted by atomic mass is 10.0. The first-order valence-electron chi connectivity index (χ1n) is 14.8. The third kappa shape index (κ3) is 3.28. The number of nitrogens with zero attached hydrogens (tertiary/aromatic N) is 1. The fraction of sp³-hybridized carbons (Fsp3) is 0. The molecule has 0 unspecified atom stereocenters. The molecule has 7 aromatic carbocycles. The normalized spacial score (nSPS) is 12.1. The van der Waals surface area contributed by atoms with Gasteiger partial charge in [-0.05, 0) is 54.6 Å². The van der Waals surface area contributed by atoms with Crippen LogP contribution in [0.4, 0.5) is 17.1 Å². The molecule has 0 saturated heterocycles. The predicted molar refractivity (Wildman–Crippen MR) is 180 cm³/mol. The van der Waals surface area contributed by atoms with Crippen LogP contribution >= 0.6 is 0 Å². The van der Waals surface area contributed by atoms with E-state index in [1.165, 1.54) is 0 Å². The fourth-order valence-corrected chi connectivity index (χ4v) is 6.85. The van der Waals surface area contributed by atoms with Crippen molar-refractivity contribution in [2.45, 2.75) is 0 Å². The van der Waals surface area contributed by atoms with E-state index in [1.807, 2.05) is 36.4 Å². The second-order valence-electron chi connectivity index (χ2n) is 11.3. The van der Waals surface area contributed by atoms with Crippen molar-refractivity contribution in [3.63, 3.8) is 0 Å². The molecule has 0 aliphatic carbocycles. The van der Waals surface area contributed by atoms with Crippen LogP contribution in [0, 0.1) is 0 Å². The monoisotopic (exact) mass is 565 g/mol. The van der Waals surface area contributed by atoms with E-state index in [2.05, 4.69) is 108 Å². The zero-order valence-electron chi connectivity index (χ0n) is 23.5. The van der Waals surface area contributed by atoms with Crippen LogP contribution in [0.2, 0.25) is 0 Å². The summed E-state index contributed by atoms with van der Waals surface area (Å²) in [4.78, 5) is 2.29. The number of rotatable bonds is 3. The van der Waals surface area contributed by atoms with Gasteiger partial charge in [-0.2, -0.15) is 0 Å². The number of anilines is 3. The molecule has 0 fully saturated rings. The molecule has 10 aromatic rings. The largest absolute Gasteiger partial charge is 0.456 e. The Hall–Kier alpha value is -6.00. The molecule has 3 heterocycles. The second-order valence-corrected chi connectivity index (χ2v) is 11.3. The van der Waals surface area contributed by atoms with E-state index in [1.54, 1.807) is 0 Å². The van der Waals surface area contributed by atoms with Crippen molar-refractivity contribution in [2.75, 3.05) is 4.90 Å². The Morgan fingerprint density at radius 3 is 1.36 bits per heavy atom. The SMILES string of the molecule is c1ccc2c(c1)oc1cc(N(c3ccc4c(c3)oc3ccccc34)c3cccc4c3ccc3c5ccccc5oc43)ccc12. The van der Waals surface area contributed by atoms with Gasteiger partial charge in [-0.3, -0.25) is 0 Å². The Labute approximate surface area is 250 Å². The van der Waals surface area contributed by atoms with E-state index >= 15 is 0 Å². The maximum Gasteiger partial charge on any atom is 0.143 e. The van der Waals surface area contributed by atoms with Crippen LogP contribution in [0.1, 0.15) is 0 Å². The van der Waals surface area contributed by atoms with E-state index in [4.69, 9.17) is 13.3 Å². The summed E-state index contributed by atoms with van der Waals surface area (Å²) < 4.78 is 19.1. The Balaban J connectivity index is 1.26. The molecule has 206 valence electrons. The van der Waals surface area contributed by atoms with E-state index < -0.39 is 0 Å². The number of furan rings is 3. The van der Waals surface area contributed by atoms with Crippen LogP contribution in [0.3, 0.4) is 0 Å². The smallest absolute Gasteiger partial charge is 0.143 e. The molecule has 0 atom stereocenters. The van der Waals surface area contributed by atoms with Crippen molar-refractivity contribution in [1.29, 1.82) is 0 Å². The van der Waals surface area contributed by atoms with Gasteiger partial charge < -0.3 is 18.2 Å². The molecule has 0 radical (unpaired) electrons. The lowest BCUT2D eigenvalue weighted by molar-refractivity contribution is 0.669. The maximum absolute atomic E-state index is 6.45. The van der Waals surface area contributed by atoms with Crippen LogP contribution in [0.15, 0.2) is 153 Å². The van der Waals surface area contributed by atoms with Gasteiger partial charge in [0.05, 0.1) is 5.69 Å². The summed E-state index contributed by atoms with van der Waals surface area (Å²) in [7, 11) is 0. The summed E-state index contributed by atoms with van der Waals surface area (Å²) in [6, 6.07) is 48.3. The van der Waals surface area contributed by atoms with Crippen LogP contribution < -0.4 is 4.90 Å². The third-order valence-electron chi connectivity index (χ3n) is 8.86. The van der Waals surface area contributed by atoms with Gasteiger partial charge in [0.1, 0.15) is 33.5 Å². The highest BCUT2D eigenvalue weighted by atomic mass is 16.3. The molecule has 0 aliphatic rings. The van der Waals surface area contributed by atoms with Crippen LogP contribution in [0.25, 0.3) is 76.6 Å². The van der Waals surface area contributed by atoms with Gasteiger partial charge in [0.25, 0.3) is 0 Å². The molecule has 0 N–H and O–H groups in total. The number of hydrogen-bond donors (Lipinski definition) is 0. The molecule has 0 bridgehead atoms. The van der Waals surface area contributed by atoms with E-state index in [9.17, 15) is 0 Å². The third-order valence-corrected chi connectivity index (χ3v) is 8.86. The summed E-state index contributed by atoms with van der Waals surface area (Å²) >= 11 is 0. The number of hydrogen-bond acceptors (Lipinski definition) is 4.